The van der Waals surface area contributed by atoms with Crippen LogP contribution in [0.2, 0.25) is 5.02 Å². The predicted molar refractivity (Wildman–Crippen MR) is 104 cm³/mol. The molecule has 9 nitrogen and oxygen atoms in total. The molecule has 5 amide bonds. The van der Waals surface area contributed by atoms with Crippen LogP contribution in [0.15, 0.2) is 24.3 Å². The van der Waals surface area contributed by atoms with Gasteiger partial charge in [0, 0.05) is 7.05 Å². The first-order chi connectivity index (χ1) is 13.8. The van der Waals surface area contributed by atoms with Crippen molar-refractivity contribution in [2.75, 3.05) is 20.2 Å². The lowest BCUT2D eigenvalue weighted by Crippen LogP contribution is -2.51. The number of halogens is 1. The molecular weight excluding hydrogens is 400 g/mol. The first kappa shape index (κ1) is 20.9. The van der Waals surface area contributed by atoms with Gasteiger partial charge >= 0.3 is 6.03 Å². The van der Waals surface area contributed by atoms with Gasteiger partial charge < -0.3 is 9.64 Å². The highest BCUT2D eigenvalue weighted by Crippen LogP contribution is 2.39. The van der Waals surface area contributed by atoms with E-state index >= 15 is 0 Å². The standard InChI is InChI=1S/C19H23ClN4O5/c1-23-18(28)24(17(27)19(23)9-5-2-6-10-19)11-15(25)21-22-16(26)12-29-14-8-4-3-7-13(14)20/h3-4,7-8H,2,5-6,9-12H2,1H3,(H,21,25)(H,22,26). The number of para-hydroxylation sites is 1. The highest BCUT2D eigenvalue weighted by atomic mass is 35.5. The summed E-state index contributed by atoms with van der Waals surface area (Å²) < 4.78 is 5.27. The Kier molecular flexibility index (Phi) is 6.26. The number of rotatable bonds is 5. The maximum absolute atomic E-state index is 12.8. The van der Waals surface area contributed by atoms with Crippen LogP contribution in [0, 0.1) is 0 Å². The molecular formula is C19H23ClN4O5. The Morgan fingerprint density at radius 2 is 1.76 bits per heavy atom. The molecule has 0 bridgehead atoms. The van der Waals surface area contributed by atoms with E-state index in [1.54, 1.807) is 31.3 Å². The zero-order chi connectivity index (χ0) is 21.0. The maximum Gasteiger partial charge on any atom is 0.327 e. The molecule has 10 heteroatoms. The Hall–Kier alpha value is -2.81. The Labute approximate surface area is 173 Å². The molecule has 29 heavy (non-hydrogen) atoms. The van der Waals surface area contributed by atoms with Crippen molar-refractivity contribution in [3.05, 3.63) is 29.3 Å². The molecule has 1 aromatic carbocycles. The third-order valence-corrected chi connectivity index (χ3v) is 5.63. The van der Waals surface area contributed by atoms with Crippen molar-refractivity contribution in [3.63, 3.8) is 0 Å². The van der Waals surface area contributed by atoms with Crippen molar-refractivity contribution in [1.82, 2.24) is 20.7 Å². The Morgan fingerprint density at radius 3 is 2.45 bits per heavy atom. The van der Waals surface area contributed by atoms with Gasteiger partial charge in [0.15, 0.2) is 6.61 Å². The number of nitrogens with one attached hydrogen (secondary N) is 2. The molecule has 0 radical (unpaired) electrons. The van der Waals surface area contributed by atoms with Crippen molar-refractivity contribution in [1.29, 1.82) is 0 Å². The monoisotopic (exact) mass is 422 g/mol. The van der Waals surface area contributed by atoms with Gasteiger partial charge in [-0.15, -0.1) is 0 Å². The van der Waals surface area contributed by atoms with E-state index in [0.29, 0.717) is 23.6 Å². The zero-order valence-corrected chi connectivity index (χ0v) is 16.8. The van der Waals surface area contributed by atoms with Gasteiger partial charge in [0.1, 0.15) is 17.8 Å². The van der Waals surface area contributed by atoms with Gasteiger partial charge in [-0.05, 0) is 25.0 Å². The second kappa shape index (κ2) is 8.69. The van der Waals surface area contributed by atoms with E-state index in [9.17, 15) is 19.2 Å². The second-order valence-electron chi connectivity index (χ2n) is 7.14. The second-order valence-corrected chi connectivity index (χ2v) is 7.55. The quantitative estimate of drug-likeness (QED) is 0.551. The first-order valence-corrected chi connectivity index (χ1v) is 9.78. The Bertz CT molecular complexity index is 825. The summed E-state index contributed by atoms with van der Waals surface area (Å²) in [5.74, 6) is -1.31. The number of ether oxygens (including phenoxy) is 1. The van der Waals surface area contributed by atoms with Crippen LogP contribution >= 0.6 is 11.6 Å². The number of carbonyl (C=O) groups is 4. The topological polar surface area (TPSA) is 108 Å². The van der Waals surface area contributed by atoms with E-state index in [2.05, 4.69) is 10.9 Å². The fraction of sp³-hybridized carbons (Fsp3) is 0.474. The van der Waals surface area contributed by atoms with Crippen LogP contribution in [0.3, 0.4) is 0 Å². The number of hydrogen-bond acceptors (Lipinski definition) is 5. The largest absolute Gasteiger partial charge is 0.482 e. The first-order valence-electron chi connectivity index (χ1n) is 9.40. The van der Waals surface area contributed by atoms with Crippen molar-refractivity contribution < 1.29 is 23.9 Å². The van der Waals surface area contributed by atoms with E-state index in [1.165, 1.54) is 4.90 Å². The number of nitrogens with zero attached hydrogens (tertiary/aromatic N) is 2. The molecule has 156 valence electrons. The van der Waals surface area contributed by atoms with E-state index in [4.69, 9.17) is 16.3 Å². The van der Waals surface area contributed by atoms with Crippen LogP contribution < -0.4 is 15.6 Å². The van der Waals surface area contributed by atoms with Crippen molar-refractivity contribution in [2.45, 2.75) is 37.6 Å². The zero-order valence-electron chi connectivity index (χ0n) is 16.1. The smallest absolute Gasteiger partial charge is 0.327 e. The lowest BCUT2D eigenvalue weighted by Gasteiger charge is -2.35. The minimum Gasteiger partial charge on any atom is -0.482 e. The summed E-state index contributed by atoms with van der Waals surface area (Å²) in [4.78, 5) is 51.7. The summed E-state index contributed by atoms with van der Waals surface area (Å²) in [5, 5.41) is 0.358. The number of benzene rings is 1. The molecule has 2 fully saturated rings. The van der Waals surface area contributed by atoms with E-state index in [0.717, 1.165) is 24.2 Å². The maximum atomic E-state index is 12.8. The van der Waals surface area contributed by atoms with Gasteiger partial charge in [-0.1, -0.05) is 43.0 Å². The molecule has 0 atom stereocenters. The van der Waals surface area contributed by atoms with Gasteiger partial charge in [-0.3, -0.25) is 30.1 Å². The van der Waals surface area contributed by atoms with Crippen LogP contribution in [-0.2, 0) is 14.4 Å². The van der Waals surface area contributed by atoms with Crippen LogP contribution in [-0.4, -0.2) is 59.3 Å². The summed E-state index contributed by atoms with van der Waals surface area (Å²) in [6.07, 6.45) is 3.96. The number of hydrogen-bond donors (Lipinski definition) is 2. The third kappa shape index (κ3) is 4.29. The molecule has 1 heterocycles. The van der Waals surface area contributed by atoms with Gasteiger partial charge in [-0.25, -0.2) is 4.79 Å². The van der Waals surface area contributed by atoms with Gasteiger partial charge in [-0.2, -0.15) is 0 Å². The van der Waals surface area contributed by atoms with E-state index in [-0.39, 0.29) is 12.5 Å². The average Bonchev–Trinajstić information content (AvgIpc) is 2.88. The fourth-order valence-corrected chi connectivity index (χ4v) is 3.93. The minimum absolute atomic E-state index is 0.338. The van der Waals surface area contributed by atoms with Crippen molar-refractivity contribution >= 4 is 35.4 Å². The predicted octanol–water partition coefficient (Wildman–Crippen LogP) is 1.46. The summed E-state index contributed by atoms with van der Waals surface area (Å²) in [6, 6.07) is 6.17. The minimum atomic E-state index is -0.846. The molecule has 1 aromatic rings. The molecule has 2 aliphatic rings. The molecule has 1 spiro atoms. The molecule has 1 aliphatic carbocycles. The SMILES string of the molecule is CN1C(=O)N(CC(=O)NNC(=O)COc2ccccc2Cl)C(=O)C12CCCCC2. The number of imide groups is 1. The lowest BCUT2D eigenvalue weighted by atomic mass is 9.81. The van der Waals surface area contributed by atoms with Gasteiger partial charge in [0.2, 0.25) is 0 Å². The molecule has 0 unspecified atom stereocenters. The van der Waals surface area contributed by atoms with E-state index in [1.807, 2.05) is 0 Å². The number of urea groups is 1. The van der Waals surface area contributed by atoms with Crippen molar-refractivity contribution in [2.24, 2.45) is 0 Å². The molecule has 2 N–H and O–H groups in total. The summed E-state index contributed by atoms with van der Waals surface area (Å²) in [7, 11) is 1.59. The van der Waals surface area contributed by atoms with Gasteiger partial charge in [0.25, 0.3) is 17.7 Å². The van der Waals surface area contributed by atoms with Crippen LogP contribution in [0.5, 0.6) is 5.75 Å². The fourth-order valence-electron chi connectivity index (χ4n) is 3.73. The molecule has 1 saturated heterocycles. The van der Waals surface area contributed by atoms with E-state index < -0.39 is 29.9 Å². The van der Waals surface area contributed by atoms with Crippen LogP contribution in [0.25, 0.3) is 0 Å². The molecule has 1 saturated carbocycles. The van der Waals surface area contributed by atoms with Crippen molar-refractivity contribution in [3.8, 4) is 5.75 Å². The Balaban J connectivity index is 1.49. The molecule has 1 aliphatic heterocycles. The average molecular weight is 423 g/mol. The lowest BCUT2D eigenvalue weighted by molar-refractivity contribution is -0.138. The molecule has 0 aromatic heterocycles. The summed E-state index contributed by atoms with van der Waals surface area (Å²) in [6.45, 7) is -0.827. The third-order valence-electron chi connectivity index (χ3n) is 5.32. The number of carbonyl (C=O) groups excluding carboxylic acids is 4. The highest BCUT2D eigenvalue weighted by molar-refractivity contribution is 6.32. The number of hydrazine groups is 1. The number of likely N-dealkylation sites (N-methyl/N-ethyl adjacent to an activating group) is 1. The highest BCUT2D eigenvalue weighted by Gasteiger charge is 2.55. The Morgan fingerprint density at radius 1 is 1.10 bits per heavy atom. The van der Waals surface area contributed by atoms with Crippen LogP contribution in [0.4, 0.5) is 4.79 Å². The molecule has 3 rings (SSSR count). The summed E-state index contributed by atoms with van der Waals surface area (Å²) >= 11 is 5.93. The summed E-state index contributed by atoms with van der Waals surface area (Å²) in [5.41, 5.74) is 3.53. The van der Waals surface area contributed by atoms with Gasteiger partial charge in [0.05, 0.1) is 5.02 Å². The normalized spacial score (nSPS) is 18.1. The number of amides is 5. The van der Waals surface area contributed by atoms with Crippen LogP contribution in [0.1, 0.15) is 32.1 Å².